The number of aliphatic hydroxyl groups is 2. The molecule has 2 fully saturated rings. The van der Waals surface area contributed by atoms with Crippen molar-refractivity contribution in [3.8, 4) is 0 Å². The molecule has 0 saturated carbocycles. The number of rotatable bonds is 4. The molecule has 7 heteroatoms. The quantitative estimate of drug-likeness (QED) is 0.633. The Morgan fingerprint density at radius 2 is 2.00 bits per heavy atom. The summed E-state index contributed by atoms with van der Waals surface area (Å²) < 4.78 is 5.66. The van der Waals surface area contributed by atoms with Crippen LogP contribution in [0.1, 0.15) is 0 Å². The van der Waals surface area contributed by atoms with Crippen LogP contribution < -0.4 is 10.6 Å². The Morgan fingerprint density at radius 3 is 2.59 bits per heavy atom. The third-order valence-corrected chi connectivity index (χ3v) is 4.58. The molecular formula is C15H24N4O3. The summed E-state index contributed by atoms with van der Waals surface area (Å²) in [6.45, 7) is 3.50. The van der Waals surface area contributed by atoms with Crippen LogP contribution in [0.25, 0.3) is 0 Å². The highest BCUT2D eigenvalue weighted by atomic mass is 16.5. The molecule has 0 bridgehead atoms. The molecule has 22 heavy (non-hydrogen) atoms. The molecule has 2 aliphatic heterocycles. The van der Waals surface area contributed by atoms with Gasteiger partial charge in [0.1, 0.15) is 18.0 Å². The SMILES string of the molecule is NC[C@H]1O[C@@H](CO)[C@@H](O)[C@H]1N1CCN(c2ccccn2)CC1. The fourth-order valence-corrected chi connectivity index (χ4v) is 3.41. The number of hydrogen-bond acceptors (Lipinski definition) is 7. The van der Waals surface area contributed by atoms with E-state index in [1.807, 2.05) is 18.2 Å². The van der Waals surface area contributed by atoms with Crippen LogP contribution in [0.2, 0.25) is 0 Å². The minimum absolute atomic E-state index is 0.145. The van der Waals surface area contributed by atoms with Crippen molar-refractivity contribution >= 4 is 5.82 Å². The van der Waals surface area contributed by atoms with Gasteiger partial charge in [-0.2, -0.15) is 0 Å². The Hall–Kier alpha value is -1.25. The second-order valence-electron chi connectivity index (χ2n) is 5.82. The molecule has 3 rings (SSSR count). The minimum Gasteiger partial charge on any atom is -0.394 e. The van der Waals surface area contributed by atoms with Crippen molar-refractivity contribution in [3.05, 3.63) is 24.4 Å². The summed E-state index contributed by atoms with van der Waals surface area (Å²) in [5.74, 6) is 0.981. The summed E-state index contributed by atoms with van der Waals surface area (Å²) >= 11 is 0. The van der Waals surface area contributed by atoms with Gasteiger partial charge in [-0.25, -0.2) is 4.98 Å². The van der Waals surface area contributed by atoms with E-state index in [1.54, 1.807) is 6.20 Å². The molecule has 0 radical (unpaired) electrons. The number of hydrogen-bond donors (Lipinski definition) is 3. The molecule has 3 heterocycles. The standard InChI is InChI=1S/C15H24N4O3/c16-9-11-14(15(21)12(10-20)22-11)19-7-5-18(6-8-19)13-3-1-2-4-17-13/h1-4,11-12,14-15,20-21H,5-10,16H2/t11-,12+,14+,15-/m1/s1. The van der Waals surface area contributed by atoms with Gasteiger partial charge in [0.05, 0.1) is 18.8 Å². The highest BCUT2D eigenvalue weighted by Gasteiger charge is 2.46. The van der Waals surface area contributed by atoms with Crippen molar-refractivity contribution in [1.82, 2.24) is 9.88 Å². The zero-order valence-corrected chi connectivity index (χ0v) is 12.6. The largest absolute Gasteiger partial charge is 0.394 e. The van der Waals surface area contributed by atoms with Crippen molar-refractivity contribution < 1.29 is 14.9 Å². The molecular weight excluding hydrogens is 284 g/mol. The van der Waals surface area contributed by atoms with Crippen molar-refractivity contribution in [1.29, 1.82) is 0 Å². The van der Waals surface area contributed by atoms with Crippen LogP contribution in [0, 0.1) is 0 Å². The van der Waals surface area contributed by atoms with Crippen molar-refractivity contribution in [2.45, 2.75) is 24.4 Å². The number of pyridine rings is 1. The normalized spacial score (nSPS) is 33.3. The molecule has 4 N–H and O–H groups in total. The smallest absolute Gasteiger partial charge is 0.128 e. The monoisotopic (exact) mass is 308 g/mol. The third-order valence-electron chi connectivity index (χ3n) is 4.58. The van der Waals surface area contributed by atoms with E-state index in [1.165, 1.54) is 0 Å². The zero-order valence-electron chi connectivity index (χ0n) is 12.6. The van der Waals surface area contributed by atoms with E-state index < -0.39 is 12.2 Å². The number of nitrogens with zero attached hydrogens (tertiary/aromatic N) is 3. The van der Waals surface area contributed by atoms with Crippen LogP contribution in [0.15, 0.2) is 24.4 Å². The van der Waals surface area contributed by atoms with Crippen LogP contribution in [0.4, 0.5) is 5.82 Å². The van der Waals surface area contributed by atoms with Crippen molar-refractivity contribution in [2.24, 2.45) is 5.73 Å². The van der Waals surface area contributed by atoms with Crippen LogP contribution in [-0.4, -0.2) is 83.8 Å². The van der Waals surface area contributed by atoms with Gasteiger partial charge >= 0.3 is 0 Å². The molecule has 0 amide bonds. The molecule has 0 spiro atoms. The van der Waals surface area contributed by atoms with Gasteiger partial charge < -0.3 is 25.6 Å². The molecule has 7 nitrogen and oxygen atoms in total. The third kappa shape index (κ3) is 2.95. The van der Waals surface area contributed by atoms with Gasteiger partial charge in [0.15, 0.2) is 0 Å². The van der Waals surface area contributed by atoms with E-state index in [0.29, 0.717) is 6.54 Å². The summed E-state index contributed by atoms with van der Waals surface area (Å²) in [4.78, 5) is 8.83. The second kappa shape index (κ2) is 6.89. The second-order valence-corrected chi connectivity index (χ2v) is 5.82. The lowest BCUT2D eigenvalue weighted by Crippen LogP contribution is -2.57. The van der Waals surface area contributed by atoms with Gasteiger partial charge in [-0.05, 0) is 12.1 Å². The predicted molar refractivity (Wildman–Crippen MR) is 82.6 cm³/mol. The summed E-state index contributed by atoms with van der Waals surface area (Å²) in [6.07, 6.45) is 0.341. The number of piperazine rings is 1. The van der Waals surface area contributed by atoms with Crippen molar-refractivity contribution in [2.75, 3.05) is 44.2 Å². The van der Waals surface area contributed by atoms with Gasteiger partial charge in [0.2, 0.25) is 0 Å². The average molecular weight is 308 g/mol. The Labute approximate surface area is 130 Å². The first-order valence-corrected chi connectivity index (χ1v) is 7.79. The molecule has 2 saturated heterocycles. The number of aromatic nitrogens is 1. The van der Waals surface area contributed by atoms with Gasteiger partial charge in [-0.1, -0.05) is 6.07 Å². The highest BCUT2D eigenvalue weighted by Crippen LogP contribution is 2.26. The Kier molecular flexibility index (Phi) is 4.90. The number of aliphatic hydroxyl groups excluding tert-OH is 2. The van der Waals surface area contributed by atoms with Crippen LogP contribution >= 0.6 is 0 Å². The topological polar surface area (TPSA) is 95.1 Å². The van der Waals surface area contributed by atoms with E-state index in [2.05, 4.69) is 14.8 Å². The molecule has 122 valence electrons. The molecule has 0 aromatic carbocycles. The summed E-state index contributed by atoms with van der Waals surface area (Å²) in [6, 6.07) is 5.76. The summed E-state index contributed by atoms with van der Waals surface area (Å²) in [7, 11) is 0. The van der Waals surface area contributed by atoms with E-state index in [-0.39, 0.29) is 18.8 Å². The molecule has 0 aliphatic carbocycles. The molecule has 1 aromatic rings. The molecule has 4 atom stereocenters. The molecule has 2 aliphatic rings. The predicted octanol–water partition coefficient (Wildman–Crippen LogP) is -1.35. The van der Waals surface area contributed by atoms with Crippen molar-refractivity contribution in [3.63, 3.8) is 0 Å². The van der Waals surface area contributed by atoms with Gasteiger partial charge in [-0.15, -0.1) is 0 Å². The average Bonchev–Trinajstić information content (AvgIpc) is 2.91. The minimum atomic E-state index is -0.694. The van der Waals surface area contributed by atoms with E-state index in [9.17, 15) is 10.2 Å². The zero-order chi connectivity index (χ0) is 15.5. The van der Waals surface area contributed by atoms with E-state index >= 15 is 0 Å². The Bertz CT molecular complexity index is 465. The maximum atomic E-state index is 10.4. The van der Waals surface area contributed by atoms with Crippen LogP contribution in [-0.2, 0) is 4.74 Å². The lowest BCUT2D eigenvalue weighted by molar-refractivity contribution is -0.0193. The molecule has 1 aromatic heterocycles. The number of ether oxygens (including phenoxy) is 1. The first-order chi connectivity index (χ1) is 10.7. The maximum Gasteiger partial charge on any atom is 0.128 e. The lowest BCUT2D eigenvalue weighted by Gasteiger charge is -2.40. The Morgan fingerprint density at radius 1 is 1.23 bits per heavy atom. The highest BCUT2D eigenvalue weighted by molar-refractivity contribution is 5.38. The van der Waals surface area contributed by atoms with Gasteiger partial charge in [-0.3, -0.25) is 4.90 Å². The first-order valence-electron chi connectivity index (χ1n) is 7.79. The van der Waals surface area contributed by atoms with Crippen LogP contribution in [0.3, 0.4) is 0 Å². The van der Waals surface area contributed by atoms with E-state index in [4.69, 9.17) is 10.5 Å². The first kappa shape index (κ1) is 15.6. The number of nitrogens with two attached hydrogens (primary N) is 1. The van der Waals surface area contributed by atoms with Gasteiger partial charge in [0.25, 0.3) is 0 Å². The number of anilines is 1. The lowest BCUT2D eigenvalue weighted by atomic mass is 10.0. The summed E-state index contributed by atoms with van der Waals surface area (Å²) in [5, 5.41) is 19.7. The van der Waals surface area contributed by atoms with Gasteiger partial charge in [0, 0.05) is 38.9 Å². The summed E-state index contributed by atoms with van der Waals surface area (Å²) in [5.41, 5.74) is 5.76. The maximum absolute atomic E-state index is 10.4. The molecule has 0 unspecified atom stereocenters. The fourth-order valence-electron chi connectivity index (χ4n) is 3.41. The Balaban J connectivity index is 1.63. The fraction of sp³-hybridized carbons (Fsp3) is 0.667. The van der Waals surface area contributed by atoms with E-state index in [0.717, 1.165) is 32.0 Å². The van der Waals surface area contributed by atoms with Crippen LogP contribution in [0.5, 0.6) is 0 Å².